The summed E-state index contributed by atoms with van der Waals surface area (Å²) >= 11 is 2.32. The lowest BCUT2D eigenvalue weighted by molar-refractivity contribution is -0.150. The van der Waals surface area contributed by atoms with Crippen molar-refractivity contribution in [3.8, 4) is 5.88 Å². The van der Waals surface area contributed by atoms with Gasteiger partial charge in [-0.3, -0.25) is 14.5 Å². The van der Waals surface area contributed by atoms with Gasteiger partial charge >= 0.3 is 5.97 Å². The van der Waals surface area contributed by atoms with Crippen molar-refractivity contribution in [3.05, 3.63) is 51.4 Å². The molecule has 13 nitrogen and oxygen atoms in total. The molecule has 4 N–H and O–H groups in total. The number of amides is 2. The Balaban J connectivity index is 1.53. The maximum Gasteiger partial charge on any atom is 0.352 e. The fraction of sp³-hybridized carbons (Fsp3) is 0.263. The van der Waals surface area contributed by atoms with E-state index in [1.165, 1.54) is 36.8 Å². The van der Waals surface area contributed by atoms with E-state index >= 15 is 0 Å². The van der Waals surface area contributed by atoms with Crippen LogP contribution in [-0.4, -0.2) is 67.0 Å². The number of aliphatic carboxylic acids is 1. The molecule has 0 saturated carbocycles. The molecule has 0 spiro atoms. The number of aromatic nitrogens is 3. The highest BCUT2D eigenvalue weighted by molar-refractivity contribution is 8.00. The predicted molar refractivity (Wildman–Crippen MR) is 122 cm³/mol. The summed E-state index contributed by atoms with van der Waals surface area (Å²) < 4.78 is 5.15. The molecule has 1 fully saturated rings. The van der Waals surface area contributed by atoms with Crippen LogP contribution in [0.3, 0.4) is 0 Å². The number of allylic oxidation sites excluding steroid dienone is 1. The van der Waals surface area contributed by atoms with Crippen molar-refractivity contribution in [2.75, 3.05) is 18.6 Å². The predicted octanol–water partition coefficient (Wildman–Crippen LogP) is 0.783. The number of hydrogen-bond donors (Lipinski definition) is 3. The number of β-lactam (4-membered cyclic amide) rings is 1. The molecule has 2 aliphatic rings. The topological polar surface area (TPSA) is 190 Å². The van der Waals surface area contributed by atoms with Crippen molar-refractivity contribution in [1.82, 2.24) is 25.2 Å². The van der Waals surface area contributed by atoms with Crippen molar-refractivity contribution in [2.45, 2.75) is 17.5 Å². The summed E-state index contributed by atoms with van der Waals surface area (Å²) in [5, 5.41) is 16.0. The van der Waals surface area contributed by atoms with E-state index in [1.54, 1.807) is 12.2 Å². The lowest BCUT2D eigenvalue weighted by atomic mass is 10.0. The Morgan fingerprint density at radius 2 is 2.24 bits per heavy atom. The number of thiazole rings is 1. The van der Waals surface area contributed by atoms with Crippen LogP contribution in [0.25, 0.3) is 6.08 Å². The van der Waals surface area contributed by atoms with E-state index < -0.39 is 35.2 Å². The molecule has 4 heterocycles. The molecule has 0 radical (unpaired) electrons. The Hall–Kier alpha value is -3.85. The molecule has 0 bridgehead atoms. The van der Waals surface area contributed by atoms with Gasteiger partial charge in [0, 0.05) is 17.3 Å². The summed E-state index contributed by atoms with van der Waals surface area (Å²) in [6.45, 7) is 0. The summed E-state index contributed by atoms with van der Waals surface area (Å²) in [4.78, 5) is 61.5. The van der Waals surface area contributed by atoms with Crippen LogP contribution in [0.1, 0.15) is 17.3 Å². The highest BCUT2D eigenvalue weighted by Gasteiger charge is 2.54. The van der Waals surface area contributed by atoms with Gasteiger partial charge in [0.1, 0.15) is 23.4 Å². The van der Waals surface area contributed by atoms with Gasteiger partial charge in [0.25, 0.3) is 11.8 Å². The number of carbonyl (C=O) groups is 3. The van der Waals surface area contributed by atoms with Gasteiger partial charge in [-0.1, -0.05) is 6.08 Å². The summed E-state index contributed by atoms with van der Waals surface area (Å²) in [6.07, 6.45) is 5.99. The van der Waals surface area contributed by atoms with Crippen LogP contribution in [0.4, 0.5) is 5.13 Å². The molecule has 2 amide bonds. The number of hydrogen-bond acceptors (Lipinski definition) is 12. The first-order valence-corrected chi connectivity index (χ1v) is 11.6. The minimum absolute atomic E-state index is 0.0776. The molecular weight excluding hydrogens is 486 g/mol. The van der Waals surface area contributed by atoms with Gasteiger partial charge in [-0.15, -0.1) is 28.0 Å². The normalized spacial score (nSPS) is 20.5. The maximum absolute atomic E-state index is 12.8. The van der Waals surface area contributed by atoms with E-state index in [0.29, 0.717) is 17.0 Å². The summed E-state index contributed by atoms with van der Waals surface area (Å²) in [5.74, 6) is -2.15. The lowest BCUT2D eigenvalue weighted by Crippen LogP contribution is -2.70. The quantitative estimate of drug-likeness (QED) is 0.341. The Labute approximate surface area is 200 Å². The molecule has 0 aromatic carbocycles. The van der Waals surface area contributed by atoms with Gasteiger partial charge in [0.2, 0.25) is 11.9 Å². The van der Waals surface area contributed by atoms with Gasteiger partial charge in [-0.25, -0.2) is 19.7 Å². The van der Waals surface area contributed by atoms with E-state index in [2.05, 4.69) is 25.4 Å². The van der Waals surface area contributed by atoms with E-state index in [4.69, 9.17) is 10.5 Å². The number of nitrogens with zero attached hydrogens (tertiary/aromatic N) is 5. The lowest BCUT2D eigenvalue weighted by Gasteiger charge is -2.49. The third-order valence-corrected chi connectivity index (χ3v) is 7.03. The molecular formula is C19H17N7O6S2. The second-order valence-electron chi connectivity index (χ2n) is 7.01. The molecule has 0 aliphatic carbocycles. The number of nitrogens with one attached hydrogen (secondary N) is 1. The van der Waals surface area contributed by atoms with Crippen molar-refractivity contribution < 1.29 is 24.2 Å². The van der Waals surface area contributed by atoms with Crippen LogP contribution < -0.4 is 15.8 Å². The largest absolute Gasteiger partial charge is 0.480 e. The first-order valence-electron chi connectivity index (χ1n) is 9.62. The molecule has 1 unspecified atom stereocenters. The number of fused-ring (bicyclic) bond motifs is 1. The van der Waals surface area contributed by atoms with Gasteiger partial charge in [0.05, 0.1) is 18.4 Å². The van der Waals surface area contributed by atoms with Gasteiger partial charge in [-0.05, 0) is 16.8 Å². The standard InChI is InChI=1S/C19H17N7O6S2/c1-32-15-8(4-21-7-22-15)2-3-9-5-33-17-12(16(28)26(17)13(9)18(29)30)24-14(27)11(25-31)10-6-34-19(20)23-10/h2-4,6-7,11-12,17H,5H2,1H3,(H2,20,23)(H,24,27)(H,29,30)/t11?,12-,17+/m1/s1. The number of carboxylic acids is 1. The van der Waals surface area contributed by atoms with E-state index in [0.717, 1.165) is 16.2 Å². The summed E-state index contributed by atoms with van der Waals surface area (Å²) in [5.41, 5.74) is 6.35. The Morgan fingerprint density at radius 1 is 1.44 bits per heavy atom. The molecule has 2 aromatic heterocycles. The third-order valence-electron chi connectivity index (χ3n) is 5.03. The number of thioether (sulfide) groups is 1. The van der Waals surface area contributed by atoms with Crippen molar-refractivity contribution in [1.29, 1.82) is 0 Å². The van der Waals surface area contributed by atoms with Crippen LogP contribution in [0, 0.1) is 4.91 Å². The smallest absolute Gasteiger partial charge is 0.352 e. The van der Waals surface area contributed by atoms with Crippen molar-refractivity contribution in [2.24, 2.45) is 5.18 Å². The zero-order valence-electron chi connectivity index (χ0n) is 17.4. The summed E-state index contributed by atoms with van der Waals surface area (Å²) in [6, 6.07) is -2.49. The first-order chi connectivity index (χ1) is 16.3. The van der Waals surface area contributed by atoms with Crippen LogP contribution >= 0.6 is 23.1 Å². The number of nitroso groups, excluding NO2 is 1. The van der Waals surface area contributed by atoms with Gasteiger partial charge in [0.15, 0.2) is 5.13 Å². The van der Waals surface area contributed by atoms with Gasteiger partial charge < -0.3 is 20.9 Å². The number of nitrogens with two attached hydrogens (primary N) is 1. The number of ether oxygens (including phenoxy) is 1. The van der Waals surface area contributed by atoms with Crippen molar-refractivity contribution >= 4 is 52.1 Å². The molecule has 34 heavy (non-hydrogen) atoms. The minimum Gasteiger partial charge on any atom is -0.480 e. The highest BCUT2D eigenvalue weighted by atomic mass is 32.2. The van der Waals surface area contributed by atoms with E-state index in [9.17, 15) is 24.4 Å². The average Bonchev–Trinajstić information content (AvgIpc) is 3.26. The van der Waals surface area contributed by atoms with Crippen molar-refractivity contribution in [3.63, 3.8) is 0 Å². The van der Waals surface area contributed by atoms with Gasteiger partial charge in [-0.2, -0.15) is 0 Å². The minimum atomic E-state index is -1.47. The highest BCUT2D eigenvalue weighted by Crippen LogP contribution is 2.41. The second kappa shape index (κ2) is 9.56. The number of carboxylic acid groups (broad SMARTS) is 1. The van der Waals surface area contributed by atoms with Crippen LogP contribution in [0.15, 0.2) is 40.4 Å². The molecule has 2 aliphatic heterocycles. The zero-order chi connectivity index (χ0) is 24.4. The number of rotatable bonds is 8. The number of carbonyl (C=O) groups excluding carboxylic acids is 2. The zero-order valence-corrected chi connectivity index (χ0v) is 19.1. The van der Waals surface area contributed by atoms with Crippen LogP contribution in [-0.2, 0) is 14.4 Å². The molecule has 176 valence electrons. The average molecular weight is 504 g/mol. The Bertz CT molecular complexity index is 1230. The number of nitrogen functional groups attached to an aromatic ring is 1. The van der Waals surface area contributed by atoms with E-state index in [1.807, 2.05) is 0 Å². The first kappa shape index (κ1) is 23.3. The second-order valence-corrected chi connectivity index (χ2v) is 9.01. The Kier molecular flexibility index (Phi) is 6.56. The monoisotopic (exact) mass is 503 g/mol. The van der Waals surface area contributed by atoms with Crippen LogP contribution in [0.2, 0.25) is 0 Å². The fourth-order valence-corrected chi connectivity index (χ4v) is 5.37. The maximum atomic E-state index is 12.8. The Morgan fingerprint density at radius 3 is 2.88 bits per heavy atom. The number of methoxy groups -OCH3 is 1. The SMILES string of the molecule is COc1ncncc1C=CC1=C(C(=O)O)N2C(=O)[C@@H](NC(=O)C(N=O)c3csc(N)n3)[C@@H]2SC1. The molecule has 3 atom stereocenters. The molecule has 15 heteroatoms. The molecule has 1 saturated heterocycles. The fourth-order valence-electron chi connectivity index (χ4n) is 3.47. The third kappa shape index (κ3) is 4.22. The molecule has 4 rings (SSSR count). The molecule has 2 aromatic rings. The number of anilines is 1. The summed E-state index contributed by atoms with van der Waals surface area (Å²) in [7, 11) is 1.45. The van der Waals surface area contributed by atoms with E-state index in [-0.39, 0.29) is 22.3 Å². The van der Waals surface area contributed by atoms with Crippen LogP contribution in [0.5, 0.6) is 5.88 Å².